The topological polar surface area (TPSA) is 62.5 Å². The molecular weight excluding hydrogens is 311 g/mol. The minimum Gasteiger partial charge on any atom is -0.367 e. The number of aromatic nitrogens is 2. The third-order valence-electron chi connectivity index (χ3n) is 4.25. The molecule has 2 heterocycles. The van der Waals surface area contributed by atoms with Gasteiger partial charge in [-0.2, -0.15) is 4.98 Å². The molecule has 0 spiro atoms. The van der Waals surface area contributed by atoms with Gasteiger partial charge in [-0.15, -0.1) is 0 Å². The first-order chi connectivity index (χ1) is 11.6. The van der Waals surface area contributed by atoms with Crippen LogP contribution in [0.5, 0.6) is 0 Å². The summed E-state index contributed by atoms with van der Waals surface area (Å²) in [6.45, 7) is 7.05. The third kappa shape index (κ3) is 3.62. The molecule has 0 radical (unpaired) electrons. The van der Waals surface area contributed by atoms with E-state index in [-0.39, 0.29) is 11.6 Å². The SMILES string of the molecule is CCc1noc(CN2CCN(c3ccc(C(C)=O)cc3F)CC2)n1. The van der Waals surface area contributed by atoms with Crippen molar-refractivity contribution in [2.45, 2.75) is 26.8 Å². The van der Waals surface area contributed by atoms with Crippen LogP contribution >= 0.6 is 0 Å². The Balaban J connectivity index is 1.59. The Bertz CT molecular complexity index is 723. The molecule has 0 amide bonds. The number of nitrogens with zero attached hydrogens (tertiary/aromatic N) is 4. The normalized spacial score (nSPS) is 15.7. The quantitative estimate of drug-likeness (QED) is 0.783. The number of ketones is 1. The van der Waals surface area contributed by atoms with E-state index in [2.05, 4.69) is 15.0 Å². The van der Waals surface area contributed by atoms with Gasteiger partial charge in [0.2, 0.25) is 5.89 Å². The fourth-order valence-electron chi connectivity index (χ4n) is 2.82. The van der Waals surface area contributed by atoms with E-state index in [1.807, 2.05) is 11.8 Å². The molecule has 24 heavy (non-hydrogen) atoms. The van der Waals surface area contributed by atoms with Crippen LogP contribution in [0.4, 0.5) is 10.1 Å². The monoisotopic (exact) mass is 332 g/mol. The van der Waals surface area contributed by atoms with Crippen LogP contribution in [0.1, 0.15) is 35.9 Å². The Kier molecular flexibility index (Phi) is 4.89. The van der Waals surface area contributed by atoms with E-state index >= 15 is 0 Å². The first-order valence-corrected chi connectivity index (χ1v) is 8.16. The lowest BCUT2D eigenvalue weighted by Gasteiger charge is -2.35. The summed E-state index contributed by atoms with van der Waals surface area (Å²) in [5, 5.41) is 3.90. The molecule has 1 aliphatic heterocycles. The van der Waals surface area contributed by atoms with Gasteiger partial charge in [0.05, 0.1) is 12.2 Å². The average Bonchev–Trinajstić information content (AvgIpc) is 3.03. The van der Waals surface area contributed by atoms with Crippen molar-refractivity contribution < 1.29 is 13.7 Å². The highest BCUT2D eigenvalue weighted by atomic mass is 19.1. The maximum Gasteiger partial charge on any atom is 0.240 e. The summed E-state index contributed by atoms with van der Waals surface area (Å²) in [5.41, 5.74) is 0.948. The molecule has 0 atom stereocenters. The molecule has 128 valence electrons. The number of carbonyl (C=O) groups excluding carboxylic acids is 1. The number of hydrogen-bond acceptors (Lipinski definition) is 6. The van der Waals surface area contributed by atoms with Gasteiger partial charge in [-0.3, -0.25) is 9.69 Å². The molecule has 2 aromatic rings. The first kappa shape index (κ1) is 16.6. The third-order valence-corrected chi connectivity index (χ3v) is 4.25. The van der Waals surface area contributed by atoms with Crippen LogP contribution in [0.25, 0.3) is 0 Å². The Morgan fingerprint density at radius 2 is 2.04 bits per heavy atom. The Labute approximate surface area is 140 Å². The second-order valence-electron chi connectivity index (χ2n) is 5.94. The van der Waals surface area contributed by atoms with E-state index < -0.39 is 0 Å². The average molecular weight is 332 g/mol. The van der Waals surface area contributed by atoms with E-state index in [4.69, 9.17) is 4.52 Å². The fourth-order valence-corrected chi connectivity index (χ4v) is 2.82. The Morgan fingerprint density at radius 3 is 2.62 bits per heavy atom. The Morgan fingerprint density at radius 1 is 1.29 bits per heavy atom. The van der Waals surface area contributed by atoms with Crippen molar-refractivity contribution in [2.24, 2.45) is 0 Å². The van der Waals surface area contributed by atoms with Crippen LogP contribution in [-0.2, 0) is 13.0 Å². The maximum absolute atomic E-state index is 14.2. The smallest absolute Gasteiger partial charge is 0.240 e. The van der Waals surface area contributed by atoms with Crippen molar-refractivity contribution in [1.82, 2.24) is 15.0 Å². The standard InChI is InChI=1S/C17H21FN4O2/c1-3-16-19-17(24-20-16)11-21-6-8-22(9-7-21)15-5-4-13(12(2)23)10-14(15)18/h4-5,10H,3,6-9,11H2,1-2H3. The predicted molar refractivity (Wildman–Crippen MR) is 87.6 cm³/mol. The van der Waals surface area contributed by atoms with Gasteiger partial charge >= 0.3 is 0 Å². The molecule has 1 aromatic carbocycles. The van der Waals surface area contributed by atoms with Gasteiger partial charge in [0.25, 0.3) is 0 Å². The van der Waals surface area contributed by atoms with E-state index in [0.717, 1.165) is 25.3 Å². The number of halogens is 1. The van der Waals surface area contributed by atoms with E-state index in [0.29, 0.717) is 36.8 Å². The van der Waals surface area contributed by atoms with Crippen molar-refractivity contribution >= 4 is 11.5 Å². The van der Waals surface area contributed by atoms with Crippen LogP contribution in [0.3, 0.4) is 0 Å². The van der Waals surface area contributed by atoms with Gasteiger partial charge < -0.3 is 9.42 Å². The molecular formula is C17H21FN4O2. The highest BCUT2D eigenvalue weighted by Gasteiger charge is 2.21. The molecule has 0 unspecified atom stereocenters. The van der Waals surface area contributed by atoms with Gasteiger partial charge in [-0.05, 0) is 25.1 Å². The fraction of sp³-hybridized carbons (Fsp3) is 0.471. The summed E-state index contributed by atoms with van der Waals surface area (Å²) in [7, 11) is 0. The lowest BCUT2D eigenvalue weighted by Crippen LogP contribution is -2.46. The maximum atomic E-state index is 14.2. The van der Waals surface area contributed by atoms with Crippen molar-refractivity contribution in [3.63, 3.8) is 0 Å². The van der Waals surface area contributed by atoms with Gasteiger partial charge in [0, 0.05) is 38.2 Å². The highest BCUT2D eigenvalue weighted by molar-refractivity contribution is 5.94. The lowest BCUT2D eigenvalue weighted by molar-refractivity contribution is 0.101. The second-order valence-corrected chi connectivity index (χ2v) is 5.94. The molecule has 0 aliphatic carbocycles. The number of rotatable bonds is 5. The summed E-state index contributed by atoms with van der Waals surface area (Å²) in [6.07, 6.45) is 0.757. The van der Waals surface area contributed by atoms with Crippen LogP contribution in [0.15, 0.2) is 22.7 Å². The van der Waals surface area contributed by atoms with Gasteiger partial charge in [-0.1, -0.05) is 12.1 Å². The minimum absolute atomic E-state index is 0.128. The molecule has 0 N–H and O–H groups in total. The van der Waals surface area contributed by atoms with Crippen LogP contribution in [-0.4, -0.2) is 47.0 Å². The van der Waals surface area contributed by atoms with E-state index in [9.17, 15) is 9.18 Å². The number of carbonyl (C=O) groups is 1. The van der Waals surface area contributed by atoms with Crippen LogP contribution in [0.2, 0.25) is 0 Å². The zero-order valence-corrected chi connectivity index (χ0v) is 14.0. The molecule has 6 nitrogen and oxygen atoms in total. The summed E-state index contributed by atoms with van der Waals surface area (Å²) < 4.78 is 19.5. The molecule has 7 heteroatoms. The molecule has 1 saturated heterocycles. The molecule has 0 saturated carbocycles. The molecule has 3 rings (SSSR count). The number of aryl methyl sites for hydroxylation is 1. The van der Waals surface area contributed by atoms with E-state index in [1.54, 1.807) is 12.1 Å². The first-order valence-electron chi connectivity index (χ1n) is 8.16. The van der Waals surface area contributed by atoms with Crippen LogP contribution in [0, 0.1) is 5.82 Å². The second kappa shape index (κ2) is 7.09. The minimum atomic E-state index is -0.347. The van der Waals surface area contributed by atoms with Gasteiger partial charge in [0.15, 0.2) is 11.6 Å². The number of anilines is 1. The summed E-state index contributed by atoms with van der Waals surface area (Å²) in [4.78, 5) is 19.8. The van der Waals surface area contributed by atoms with Gasteiger partial charge in [-0.25, -0.2) is 4.39 Å². The van der Waals surface area contributed by atoms with Crippen molar-refractivity contribution in [3.05, 3.63) is 41.3 Å². The highest BCUT2D eigenvalue weighted by Crippen LogP contribution is 2.22. The summed E-state index contributed by atoms with van der Waals surface area (Å²) in [6, 6.07) is 4.68. The number of benzene rings is 1. The summed E-state index contributed by atoms with van der Waals surface area (Å²) in [5.74, 6) is 0.866. The Hall–Kier alpha value is -2.28. The van der Waals surface area contributed by atoms with Crippen molar-refractivity contribution in [1.29, 1.82) is 0 Å². The van der Waals surface area contributed by atoms with Gasteiger partial charge in [0.1, 0.15) is 5.82 Å². The largest absolute Gasteiger partial charge is 0.367 e. The zero-order chi connectivity index (χ0) is 17.1. The molecule has 0 bridgehead atoms. The number of piperazine rings is 1. The number of Topliss-reactive ketones (excluding diaryl/α,β-unsaturated/α-hetero) is 1. The predicted octanol–water partition coefficient (Wildman–Crippen LogP) is 2.30. The van der Waals surface area contributed by atoms with E-state index in [1.165, 1.54) is 13.0 Å². The molecule has 1 fully saturated rings. The molecule has 1 aromatic heterocycles. The number of hydrogen-bond donors (Lipinski definition) is 0. The summed E-state index contributed by atoms with van der Waals surface area (Å²) >= 11 is 0. The van der Waals surface area contributed by atoms with Crippen molar-refractivity contribution in [3.8, 4) is 0 Å². The van der Waals surface area contributed by atoms with Crippen molar-refractivity contribution in [2.75, 3.05) is 31.1 Å². The lowest BCUT2D eigenvalue weighted by atomic mass is 10.1. The molecule has 1 aliphatic rings. The zero-order valence-electron chi connectivity index (χ0n) is 14.0. The van der Waals surface area contributed by atoms with Crippen LogP contribution < -0.4 is 4.90 Å².